The fourth-order valence-electron chi connectivity index (χ4n) is 4.55. The molecule has 4 nitrogen and oxygen atoms in total. The van der Waals surface area contributed by atoms with Crippen LogP contribution in [-0.4, -0.2) is 39.0 Å². The van der Waals surface area contributed by atoms with E-state index in [0.29, 0.717) is 23.9 Å². The molecule has 0 aliphatic carbocycles. The third-order valence-electron chi connectivity index (χ3n) is 6.57. The maximum absolute atomic E-state index is 12.8. The molecule has 3 rings (SSSR count). The Hall–Kier alpha value is -0.910. The summed E-state index contributed by atoms with van der Waals surface area (Å²) in [7, 11) is -3.33. The molecule has 5 heteroatoms. The number of aryl methyl sites for hydroxylation is 1. The Labute approximate surface area is 165 Å². The first-order chi connectivity index (χ1) is 13.0. The smallest absolute Gasteiger partial charge is 0.243 e. The number of ether oxygens (including phenoxy) is 1. The lowest BCUT2D eigenvalue weighted by molar-refractivity contribution is 0.0474. The zero-order chi connectivity index (χ0) is 19.3. The molecule has 2 heterocycles. The second-order valence-electron chi connectivity index (χ2n) is 8.52. The lowest BCUT2D eigenvalue weighted by atomic mass is 9.82. The third kappa shape index (κ3) is 5.55. The van der Waals surface area contributed by atoms with E-state index in [9.17, 15) is 8.42 Å². The molecule has 2 aliphatic rings. The van der Waals surface area contributed by atoms with E-state index in [1.165, 1.54) is 32.1 Å². The van der Waals surface area contributed by atoms with Gasteiger partial charge in [0.1, 0.15) is 0 Å². The highest BCUT2D eigenvalue weighted by Crippen LogP contribution is 2.30. The van der Waals surface area contributed by atoms with Crippen molar-refractivity contribution >= 4 is 10.0 Å². The van der Waals surface area contributed by atoms with Gasteiger partial charge in [0.2, 0.25) is 10.0 Å². The number of hydrogen-bond acceptors (Lipinski definition) is 3. The molecule has 152 valence electrons. The minimum atomic E-state index is -3.33. The Morgan fingerprint density at radius 1 is 1.07 bits per heavy atom. The second kappa shape index (κ2) is 9.53. The largest absolute Gasteiger partial charge is 0.381 e. The molecule has 1 aromatic rings. The van der Waals surface area contributed by atoms with Crippen LogP contribution in [0.4, 0.5) is 0 Å². The van der Waals surface area contributed by atoms with Crippen LogP contribution in [0.5, 0.6) is 0 Å². The van der Waals surface area contributed by atoms with Gasteiger partial charge in [-0.05, 0) is 62.5 Å². The zero-order valence-corrected chi connectivity index (χ0v) is 17.7. The summed E-state index contributed by atoms with van der Waals surface area (Å²) in [5, 5.41) is 0. The molecule has 0 aromatic heterocycles. The predicted molar refractivity (Wildman–Crippen MR) is 109 cm³/mol. The molecule has 0 saturated carbocycles. The Kier molecular flexibility index (Phi) is 7.35. The van der Waals surface area contributed by atoms with Crippen LogP contribution in [0.1, 0.15) is 57.4 Å². The van der Waals surface area contributed by atoms with Crippen molar-refractivity contribution in [2.75, 3.05) is 26.3 Å². The van der Waals surface area contributed by atoms with Gasteiger partial charge in [0, 0.05) is 26.3 Å². The molecule has 0 bridgehead atoms. The highest BCUT2D eigenvalue weighted by Gasteiger charge is 2.29. The maximum atomic E-state index is 12.8. The third-order valence-corrected chi connectivity index (χ3v) is 8.49. The molecule has 1 unspecified atom stereocenters. The molecule has 0 amide bonds. The van der Waals surface area contributed by atoms with Crippen LogP contribution in [0, 0.1) is 24.7 Å². The number of piperidine rings is 1. The van der Waals surface area contributed by atoms with Gasteiger partial charge in [-0.3, -0.25) is 0 Å². The van der Waals surface area contributed by atoms with Crippen LogP contribution in [0.15, 0.2) is 29.2 Å². The zero-order valence-electron chi connectivity index (χ0n) is 16.9. The van der Waals surface area contributed by atoms with Crippen molar-refractivity contribution in [3.63, 3.8) is 0 Å². The molecule has 2 aliphatic heterocycles. The number of rotatable bonds is 7. The minimum Gasteiger partial charge on any atom is -0.381 e. The summed E-state index contributed by atoms with van der Waals surface area (Å²) >= 11 is 0. The van der Waals surface area contributed by atoms with E-state index in [1.54, 1.807) is 16.4 Å². The lowest BCUT2D eigenvalue weighted by Gasteiger charge is -2.32. The summed E-state index contributed by atoms with van der Waals surface area (Å²) in [5.74, 6) is 2.30. The van der Waals surface area contributed by atoms with Gasteiger partial charge in [-0.1, -0.05) is 43.9 Å². The Bertz CT molecular complexity index is 672. The normalized spacial score (nSPS) is 22.0. The summed E-state index contributed by atoms with van der Waals surface area (Å²) in [6.07, 6.45) is 8.24. The van der Waals surface area contributed by atoms with Gasteiger partial charge >= 0.3 is 0 Å². The molecule has 1 atom stereocenters. The predicted octanol–water partition coefficient (Wildman–Crippen LogP) is 4.63. The summed E-state index contributed by atoms with van der Waals surface area (Å²) in [6.45, 7) is 7.57. The van der Waals surface area contributed by atoms with E-state index < -0.39 is 10.0 Å². The van der Waals surface area contributed by atoms with Crippen molar-refractivity contribution in [1.29, 1.82) is 0 Å². The highest BCUT2D eigenvalue weighted by molar-refractivity contribution is 7.89. The van der Waals surface area contributed by atoms with Gasteiger partial charge in [0.15, 0.2) is 0 Å². The van der Waals surface area contributed by atoms with Crippen molar-refractivity contribution in [2.24, 2.45) is 17.8 Å². The van der Waals surface area contributed by atoms with E-state index in [-0.39, 0.29) is 0 Å². The van der Waals surface area contributed by atoms with Crippen LogP contribution in [0.25, 0.3) is 0 Å². The Morgan fingerprint density at radius 3 is 2.33 bits per heavy atom. The summed E-state index contributed by atoms with van der Waals surface area (Å²) < 4.78 is 32.7. The van der Waals surface area contributed by atoms with Gasteiger partial charge in [0.25, 0.3) is 0 Å². The van der Waals surface area contributed by atoms with Crippen molar-refractivity contribution in [1.82, 2.24) is 4.31 Å². The number of nitrogens with zero attached hydrogens (tertiary/aromatic N) is 1. The van der Waals surface area contributed by atoms with Crippen LogP contribution >= 0.6 is 0 Å². The average Bonchev–Trinajstić information content (AvgIpc) is 2.69. The minimum absolute atomic E-state index is 0.428. The van der Waals surface area contributed by atoms with E-state index in [2.05, 4.69) is 6.92 Å². The Morgan fingerprint density at radius 2 is 1.70 bits per heavy atom. The van der Waals surface area contributed by atoms with Crippen LogP contribution in [-0.2, 0) is 14.8 Å². The van der Waals surface area contributed by atoms with Crippen molar-refractivity contribution in [3.8, 4) is 0 Å². The fourth-order valence-corrected chi connectivity index (χ4v) is 6.02. The van der Waals surface area contributed by atoms with E-state index in [4.69, 9.17) is 4.74 Å². The monoisotopic (exact) mass is 393 g/mol. The Balaban J connectivity index is 1.41. The molecule has 27 heavy (non-hydrogen) atoms. The van der Waals surface area contributed by atoms with Gasteiger partial charge in [-0.25, -0.2) is 8.42 Å². The van der Waals surface area contributed by atoms with Crippen LogP contribution < -0.4 is 0 Å². The topological polar surface area (TPSA) is 46.6 Å². The molecular weight excluding hydrogens is 358 g/mol. The molecule has 0 radical (unpaired) electrons. The van der Waals surface area contributed by atoms with Crippen molar-refractivity contribution in [3.05, 3.63) is 29.8 Å². The molecule has 2 fully saturated rings. The SMILES string of the molecule is Cc1ccc(S(=O)(=O)N2CCC(CCCC(C)C3CCOCC3)CC2)cc1. The van der Waals surface area contributed by atoms with Crippen molar-refractivity contribution < 1.29 is 13.2 Å². The highest BCUT2D eigenvalue weighted by atomic mass is 32.2. The summed E-state index contributed by atoms with van der Waals surface area (Å²) in [4.78, 5) is 0.428. The first-order valence-corrected chi connectivity index (χ1v) is 12.1. The summed E-state index contributed by atoms with van der Waals surface area (Å²) in [6, 6.07) is 7.21. The van der Waals surface area contributed by atoms with Crippen LogP contribution in [0.2, 0.25) is 0 Å². The molecule has 2 saturated heterocycles. The molecule has 0 spiro atoms. The quantitative estimate of drug-likeness (QED) is 0.678. The molecular formula is C22H35NO3S. The molecule has 0 N–H and O–H groups in total. The van der Waals surface area contributed by atoms with E-state index in [1.807, 2.05) is 19.1 Å². The van der Waals surface area contributed by atoms with E-state index in [0.717, 1.165) is 43.5 Å². The van der Waals surface area contributed by atoms with E-state index >= 15 is 0 Å². The molecule has 1 aromatic carbocycles. The number of hydrogen-bond donors (Lipinski definition) is 0. The van der Waals surface area contributed by atoms with Crippen molar-refractivity contribution in [2.45, 2.75) is 63.7 Å². The number of benzene rings is 1. The first-order valence-electron chi connectivity index (χ1n) is 10.6. The maximum Gasteiger partial charge on any atom is 0.243 e. The van der Waals surface area contributed by atoms with Gasteiger partial charge in [-0.15, -0.1) is 0 Å². The van der Waals surface area contributed by atoms with Gasteiger partial charge < -0.3 is 4.74 Å². The average molecular weight is 394 g/mol. The number of sulfonamides is 1. The first kappa shape index (κ1) is 20.8. The van der Waals surface area contributed by atoms with Gasteiger partial charge in [-0.2, -0.15) is 4.31 Å². The summed E-state index contributed by atoms with van der Waals surface area (Å²) in [5.41, 5.74) is 1.09. The van der Waals surface area contributed by atoms with Gasteiger partial charge in [0.05, 0.1) is 4.90 Å². The fraction of sp³-hybridized carbons (Fsp3) is 0.727. The second-order valence-corrected chi connectivity index (χ2v) is 10.5. The lowest BCUT2D eigenvalue weighted by Crippen LogP contribution is -2.38. The van der Waals surface area contributed by atoms with Crippen LogP contribution in [0.3, 0.4) is 0 Å². The standard InChI is InChI=1S/C22H35NO3S/c1-18-6-8-22(9-7-18)27(24,25)23-14-10-20(11-15-23)5-3-4-19(2)21-12-16-26-17-13-21/h6-9,19-21H,3-5,10-17H2,1-2H3.